The molecule has 1 unspecified atom stereocenters. The molecule has 1 saturated heterocycles. The minimum absolute atomic E-state index is 0. The highest BCUT2D eigenvalue weighted by Gasteiger charge is 2.37. The fourth-order valence-electron chi connectivity index (χ4n) is 3.59. The molecule has 1 amide bonds. The van der Waals surface area contributed by atoms with Crippen LogP contribution in [0.2, 0.25) is 0 Å². The molecule has 2 N–H and O–H groups in total. The molecular weight excluding hydrogens is 376 g/mol. The molecule has 6 heteroatoms. The van der Waals surface area contributed by atoms with Crippen LogP contribution in [0.25, 0.3) is 11.0 Å². The van der Waals surface area contributed by atoms with Crippen molar-refractivity contribution >= 4 is 29.3 Å². The maximum absolute atomic E-state index is 13.2. The first-order valence-corrected chi connectivity index (χ1v) is 9.27. The number of nitrogens with two attached hydrogens (primary N) is 1. The van der Waals surface area contributed by atoms with Gasteiger partial charge in [-0.15, -0.1) is 12.4 Å². The Bertz CT molecular complexity index is 957. The first-order valence-electron chi connectivity index (χ1n) is 9.27. The van der Waals surface area contributed by atoms with E-state index in [0.717, 1.165) is 23.1 Å². The summed E-state index contributed by atoms with van der Waals surface area (Å²) in [6, 6.07) is 17.3. The average Bonchev–Trinajstić information content (AvgIpc) is 3.28. The van der Waals surface area contributed by atoms with Gasteiger partial charge in [0, 0.05) is 24.0 Å². The second kappa shape index (κ2) is 8.25. The predicted octanol–water partition coefficient (Wildman–Crippen LogP) is 4.24. The summed E-state index contributed by atoms with van der Waals surface area (Å²) in [4.78, 5) is 15.0. The number of furan rings is 1. The quantitative estimate of drug-likeness (QED) is 0.695. The van der Waals surface area contributed by atoms with Gasteiger partial charge >= 0.3 is 0 Å². The molecule has 1 fully saturated rings. The molecule has 5 nitrogen and oxygen atoms in total. The number of carbonyl (C=O) groups is 1. The van der Waals surface area contributed by atoms with Crippen molar-refractivity contribution in [2.75, 3.05) is 19.6 Å². The van der Waals surface area contributed by atoms with Crippen LogP contribution in [0, 0.1) is 5.41 Å². The van der Waals surface area contributed by atoms with E-state index in [9.17, 15) is 4.79 Å². The van der Waals surface area contributed by atoms with E-state index in [2.05, 4.69) is 6.92 Å². The largest absolute Gasteiger partial charge is 0.489 e. The zero-order valence-electron chi connectivity index (χ0n) is 15.9. The Balaban J connectivity index is 0.00000225. The Morgan fingerprint density at radius 3 is 2.61 bits per heavy atom. The Kier molecular flexibility index (Phi) is 5.96. The summed E-state index contributed by atoms with van der Waals surface area (Å²) in [5.74, 6) is 1.04. The lowest BCUT2D eigenvalue weighted by Gasteiger charge is -2.22. The Labute approximate surface area is 170 Å². The van der Waals surface area contributed by atoms with Gasteiger partial charge in [-0.3, -0.25) is 4.79 Å². The topological polar surface area (TPSA) is 68.7 Å². The summed E-state index contributed by atoms with van der Waals surface area (Å²) in [5, 5.41) is 0.914. The number of para-hydroxylation sites is 2. The van der Waals surface area contributed by atoms with Gasteiger partial charge in [0.25, 0.3) is 5.91 Å². The summed E-state index contributed by atoms with van der Waals surface area (Å²) < 4.78 is 11.9. The van der Waals surface area contributed by atoms with Gasteiger partial charge in [-0.2, -0.15) is 0 Å². The van der Waals surface area contributed by atoms with Gasteiger partial charge in [-0.05, 0) is 36.6 Å². The normalized spacial score (nSPS) is 18.9. The minimum atomic E-state index is -0.0879. The van der Waals surface area contributed by atoms with Crippen LogP contribution in [-0.2, 0) is 6.61 Å². The van der Waals surface area contributed by atoms with Crippen molar-refractivity contribution in [1.29, 1.82) is 0 Å². The molecule has 1 aliphatic rings. The number of rotatable bonds is 5. The van der Waals surface area contributed by atoms with Crippen LogP contribution in [0.1, 0.15) is 29.5 Å². The molecule has 28 heavy (non-hydrogen) atoms. The molecule has 1 atom stereocenters. The van der Waals surface area contributed by atoms with Crippen LogP contribution >= 0.6 is 12.4 Å². The fraction of sp³-hybridized carbons (Fsp3) is 0.318. The molecule has 0 aliphatic carbocycles. The van der Waals surface area contributed by atoms with Crippen molar-refractivity contribution in [1.82, 2.24) is 4.90 Å². The molecule has 2 aromatic carbocycles. The molecular formula is C22H25ClN2O3. The monoisotopic (exact) mass is 400 g/mol. The zero-order valence-corrected chi connectivity index (χ0v) is 16.7. The molecule has 148 valence electrons. The lowest BCUT2D eigenvalue weighted by atomic mass is 9.90. The van der Waals surface area contributed by atoms with Crippen molar-refractivity contribution in [3.8, 4) is 5.75 Å². The van der Waals surface area contributed by atoms with E-state index < -0.39 is 0 Å². The second-order valence-electron chi connectivity index (χ2n) is 7.50. The molecule has 1 aliphatic heterocycles. The van der Waals surface area contributed by atoms with Gasteiger partial charge in [0.05, 0.1) is 0 Å². The number of benzene rings is 2. The minimum Gasteiger partial charge on any atom is -0.489 e. The van der Waals surface area contributed by atoms with Crippen LogP contribution in [0.3, 0.4) is 0 Å². The summed E-state index contributed by atoms with van der Waals surface area (Å²) in [7, 11) is 0. The van der Waals surface area contributed by atoms with Crippen molar-refractivity contribution < 1.29 is 13.9 Å². The number of hydrogen-bond donors (Lipinski definition) is 1. The number of hydrogen-bond acceptors (Lipinski definition) is 4. The third kappa shape index (κ3) is 3.86. The van der Waals surface area contributed by atoms with Crippen LogP contribution in [0.15, 0.2) is 59.0 Å². The molecule has 2 heterocycles. The van der Waals surface area contributed by atoms with Crippen molar-refractivity contribution in [2.24, 2.45) is 11.1 Å². The lowest BCUT2D eigenvalue weighted by Crippen LogP contribution is -2.34. The summed E-state index contributed by atoms with van der Waals surface area (Å²) in [6.45, 7) is 4.32. The average molecular weight is 401 g/mol. The van der Waals surface area contributed by atoms with Crippen molar-refractivity contribution in [3.05, 3.63) is 65.9 Å². The summed E-state index contributed by atoms with van der Waals surface area (Å²) in [6.07, 6.45) is 0.908. The third-order valence-electron chi connectivity index (χ3n) is 5.36. The highest BCUT2D eigenvalue weighted by atomic mass is 35.5. The van der Waals surface area contributed by atoms with E-state index in [-0.39, 0.29) is 30.3 Å². The van der Waals surface area contributed by atoms with Crippen LogP contribution in [0.5, 0.6) is 5.75 Å². The first-order chi connectivity index (χ1) is 13.1. The maximum atomic E-state index is 13.2. The number of ether oxygens (including phenoxy) is 1. The molecule has 1 aromatic heterocycles. The van der Waals surface area contributed by atoms with E-state index in [0.29, 0.717) is 31.0 Å². The molecule has 0 saturated carbocycles. The van der Waals surface area contributed by atoms with Gasteiger partial charge < -0.3 is 19.8 Å². The number of nitrogens with zero attached hydrogens (tertiary/aromatic N) is 1. The smallest absolute Gasteiger partial charge is 0.290 e. The van der Waals surface area contributed by atoms with Crippen LogP contribution in [0.4, 0.5) is 0 Å². The second-order valence-corrected chi connectivity index (χ2v) is 7.50. The van der Waals surface area contributed by atoms with Gasteiger partial charge in [-0.25, -0.2) is 0 Å². The zero-order chi connectivity index (χ0) is 18.9. The van der Waals surface area contributed by atoms with E-state index >= 15 is 0 Å². The summed E-state index contributed by atoms with van der Waals surface area (Å²) in [5.41, 5.74) is 7.36. The number of fused-ring (bicyclic) bond motifs is 1. The first kappa shape index (κ1) is 20.2. The van der Waals surface area contributed by atoms with E-state index in [1.807, 2.05) is 59.5 Å². The van der Waals surface area contributed by atoms with Gasteiger partial charge in [0.1, 0.15) is 17.9 Å². The van der Waals surface area contributed by atoms with Crippen LogP contribution in [-0.4, -0.2) is 30.4 Å². The van der Waals surface area contributed by atoms with Crippen molar-refractivity contribution in [2.45, 2.75) is 20.0 Å². The van der Waals surface area contributed by atoms with E-state index in [4.69, 9.17) is 14.9 Å². The van der Waals surface area contributed by atoms with Gasteiger partial charge in [0.2, 0.25) is 0 Å². The van der Waals surface area contributed by atoms with Crippen LogP contribution < -0.4 is 10.5 Å². The predicted molar refractivity (Wildman–Crippen MR) is 112 cm³/mol. The maximum Gasteiger partial charge on any atom is 0.290 e. The lowest BCUT2D eigenvalue weighted by molar-refractivity contribution is 0.0744. The van der Waals surface area contributed by atoms with E-state index in [1.54, 1.807) is 0 Å². The third-order valence-corrected chi connectivity index (χ3v) is 5.36. The molecule has 0 bridgehead atoms. The molecule has 3 aromatic rings. The highest BCUT2D eigenvalue weighted by Crippen LogP contribution is 2.33. The Hall–Kier alpha value is -2.50. The van der Waals surface area contributed by atoms with Crippen molar-refractivity contribution in [3.63, 3.8) is 0 Å². The number of halogens is 1. The van der Waals surface area contributed by atoms with E-state index in [1.165, 1.54) is 0 Å². The number of carbonyl (C=O) groups excluding carboxylic acids is 1. The Morgan fingerprint density at radius 2 is 1.89 bits per heavy atom. The number of likely N-dealkylation sites (tertiary alicyclic amines) is 1. The van der Waals surface area contributed by atoms with Gasteiger partial charge in [-0.1, -0.05) is 43.3 Å². The Morgan fingerprint density at radius 1 is 1.18 bits per heavy atom. The molecule has 0 spiro atoms. The number of amides is 1. The fourth-order valence-corrected chi connectivity index (χ4v) is 3.59. The molecule has 4 rings (SSSR count). The highest BCUT2D eigenvalue weighted by molar-refractivity contribution is 5.99. The molecule has 0 radical (unpaired) electrons. The van der Waals surface area contributed by atoms with Gasteiger partial charge in [0.15, 0.2) is 5.76 Å². The summed E-state index contributed by atoms with van der Waals surface area (Å²) >= 11 is 0. The standard InChI is InChI=1S/C22H24N2O3.ClH/c1-22(14-23)11-12-24(15-22)21(25)20-18(13-26-16-7-3-2-4-8-16)17-9-5-6-10-19(17)27-20;/h2-10H,11-15,23H2,1H3;1H. The SMILES string of the molecule is CC1(CN)CCN(C(=O)c2oc3ccccc3c2COc2ccccc2)C1.Cl.